The average molecular weight is 218 g/mol. The fraction of sp³-hybridized carbons (Fsp3) is 0.909. The van der Waals surface area contributed by atoms with Crippen LogP contribution < -0.4 is 0 Å². The van der Waals surface area contributed by atoms with Crippen molar-refractivity contribution in [3.8, 4) is 0 Å². The van der Waals surface area contributed by atoms with Gasteiger partial charge in [-0.3, -0.25) is 4.79 Å². The fourth-order valence-electron chi connectivity index (χ4n) is 1.28. The summed E-state index contributed by atoms with van der Waals surface area (Å²) in [6.07, 6.45) is 4.15. The minimum absolute atomic E-state index is 0.142. The second-order valence-corrected chi connectivity index (χ2v) is 3.68. The molecule has 0 heterocycles. The molecule has 0 aromatic rings. The molecule has 0 saturated carbocycles. The number of rotatable bonds is 8. The van der Waals surface area contributed by atoms with E-state index in [1.54, 1.807) is 14.2 Å². The molecule has 15 heavy (non-hydrogen) atoms. The Kier molecular flexibility index (Phi) is 7.34. The molecule has 0 unspecified atom stereocenters. The van der Waals surface area contributed by atoms with Crippen LogP contribution in [0.1, 0.15) is 39.0 Å². The standard InChI is InChI=1S/C11H22O4/c1-11(14-3,15-4)9-7-5-6-8-10(12)13-2/h5-9H2,1-4H3. The maximum absolute atomic E-state index is 10.8. The molecule has 0 aromatic carbocycles. The van der Waals surface area contributed by atoms with E-state index in [-0.39, 0.29) is 5.97 Å². The first kappa shape index (κ1) is 14.4. The largest absolute Gasteiger partial charge is 0.469 e. The van der Waals surface area contributed by atoms with Crippen molar-refractivity contribution in [1.82, 2.24) is 0 Å². The molecule has 0 N–H and O–H groups in total. The van der Waals surface area contributed by atoms with E-state index >= 15 is 0 Å². The lowest BCUT2D eigenvalue weighted by Gasteiger charge is -2.26. The van der Waals surface area contributed by atoms with Gasteiger partial charge in [0.05, 0.1) is 7.11 Å². The first-order valence-corrected chi connectivity index (χ1v) is 5.25. The van der Waals surface area contributed by atoms with E-state index < -0.39 is 5.79 Å². The van der Waals surface area contributed by atoms with E-state index in [9.17, 15) is 4.79 Å². The maximum atomic E-state index is 10.8. The van der Waals surface area contributed by atoms with Crippen molar-refractivity contribution >= 4 is 5.97 Å². The molecule has 0 spiro atoms. The normalized spacial score (nSPS) is 11.5. The van der Waals surface area contributed by atoms with Crippen LogP contribution in [0.25, 0.3) is 0 Å². The van der Waals surface area contributed by atoms with Gasteiger partial charge in [-0.25, -0.2) is 0 Å². The topological polar surface area (TPSA) is 44.8 Å². The Bertz CT molecular complexity index is 175. The molecule has 0 aliphatic carbocycles. The van der Waals surface area contributed by atoms with Gasteiger partial charge in [0.25, 0.3) is 0 Å². The highest BCUT2D eigenvalue weighted by Crippen LogP contribution is 2.19. The van der Waals surface area contributed by atoms with Gasteiger partial charge in [0.15, 0.2) is 5.79 Å². The summed E-state index contributed by atoms with van der Waals surface area (Å²) in [5, 5.41) is 0. The van der Waals surface area contributed by atoms with Crippen molar-refractivity contribution < 1.29 is 19.0 Å². The minimum atomic E-state index is -0.495. The number of ether oxygens (including phenoxy) is 3. The lowest BCUT2D eigenvalue weighted by molar-refractivity contribution is -0.197. The van der Waals surface area contributed by atoms with Gasteiger partial charge in [-0.15, -0.1) is 0 Å². The minimum Gasteiger partial charge on any atom is -0.469 e. The molecular formula is C11H22O4. The lowest BCUT2D eigenvalue weighted by Crippen LogP contribution is -2.29. The van der Waals surface area contributed by atoms with E-state index in [0.29, 0.717) is 6.42 Å². The molecule has 0 amide bonds. The highest BCUT2D eigenvalue weighted by atomic mass is 16.7. The van der Waals surface area contributed by atoms with E-state index in [2.05, 4.69) is 4.74 Å². The van der Waals surface area contributed by atoms with Gasteiger partial charge in [-0.2, -0.15) is 0 Å². The van der Waals surface area contributed by atoms with Crippen LogP contribution in [0.3, 0.4) is 0 Å². The smallest absolute Gasteiger partial charge is 0.305 e. The van der Waals surface area contributed by atoms with Gasteiger partial charge >= 0.3 is 5.97 Å². The zero-order valence-corrected chi connectivity index (χ0v) is 10.2. The Hall–Kier alpha value is -0.610. The van der Waals surface area contributed by atoms with Crippen molar-refractivity contribution in [3.05, 3.63) is 0 Å². The highest BCUT2D eigenvalue weighted by molar-refractivity contribution is 5.68. The monoisotopic (exact) mass is 218 g/mol. The third-order valence-electron chi connectivity index (χ3n) is 2.60. The van der Waals surface area contributed by atoms with E-state index in [0.717, 1.165) is 25.7 Å². The van der Waals surface area contributed by atoms with Crippen molar-refractivity contribution in [2.24, 2.45) is 0 Å². The average Bonchev–Trinajstić information content (AvgIpc) is 2.27. The van der Waals surface area contributed by atoms with Crippen LogP contribution in [-0.2, 0) is 19.0 Å². The van der Waals surface area contributed by atoms with Crippen LogP contribution in [0.5, 0.6) is 0 Å². The zero-order chi connectivity index (χ0) is 11.7. The fourth-order valence-corrected chi connectivity index (χ4v) is 1.28. The van der Waals surface area contributed by atoms with Crippen molar-refractivity contribution in [1.29, 1.82) is 0 Å². The maximum Gasteiger partial charge on any atom is 0.305 e. The number of methoxy groups -OCH3 is 3. The molecule has 0 fully saturated rings. The molecule has 0 bridgehead atoms. The van der Waals surface area contributed by atoms with Gasteiger partial charge in [0, 0.05) is 27.1 Å². The summed E-state index contributed by atoms with van der Waals surface area (Å²) in [6, 6.07) is 0. The molecule has 0 aliphatic heterocycles. The molecule has 0 aromatic heterocycles. The number of carbonyl (C=O) groups excluding carboxylic acids is 1. The summed E-state index contributed by atoms with van der Waals surface area (Å²) in [5.74, 6) is -0.637. The molecule has 0 saturated heterocycles. The number of unbranched alkanes of at least 4 members (excludes halogenated alkanes) is 2. The SMILES string of the molecule is COC(=O)CCCCCC(C)(OC)OC. The van der Waals surface area contributed by atoms with Gasteiger partial charge in [-0.1, -0.05) is 6.42 Å². The molecule has 0 radical (unpaired) electrons. The molecular weight excluding hydrogens is 196 g/mol. The van der Waals surface area contributed by atoms with Gasteiger partial charge in [0.1, 0.15) is 0 Å². The summed E-state index contributed by atoms with van der Waals surface area (Å²) in [6.45, 7) is 1.91. The lowest BCUT2D eigenvalue weighted by atomic mass is 10.1. The van der Waals surface area contributed by atoms with Crippen molar-refractivity contribution in [2.45, 2.75) is 44.8 Å². The van der Waals surface area contributed by atoms with Gasteiger partial charge in [-0.05, 0) is 19.8 Å². The van der Waals surface area contributed by atoms with Gasteiger partial charge < -0.3 is 14.2 Å². The predicted octanol–water partition coefficient (Wildman–Crippen LogP) is 2.12. The van der Waals surface area contributed by atoms with E-state index in [4.69, 9.17) is 9.47 Å². The summed E-state index contributed by atoms with van der Waals surface area (Å²) in [7, 11) is 4.69. The summed E-state index contributed by atoms with van der Waals surface area (Å²) in [4.78, 5) is 10.8. The van der Waals surface area contributed by atoms with Crippen molar-refractivity contribution in [2.75, 3.05) is 21.3 Å². The van der Waals surface area contributed by atoms with Crippen LogP contribution in [0, 0.1) is 0 Å². The number of carbonyl (C=O) groups is 1. The Balaban J connectivity index is 3.49. The van der Waals surface area contributed by atoms with Crippen LogP contribution in [-0.4, -0.2) is 33.1 Å². The van der Waals surface area contributed by atoms with Crippen LogP contribution in [0.2, 0.25) is 0 Å². The highest BCUT2D eigenvalue weighted by Gasteiger charge is 2.21. The Morgan fingerprint density at radius 3 is 2.13 bits per heavy atom. The second kappa shape index (κ2) is 7.65. The van der Waals surface area contributed by atoms with Crippen LogP contribution in [0.15, 0.2) is 0 Å². The number of hydrogen-bond donors (Lipinski definition) is 0. The van der Waals surface area contributed by atoms with Crippen LogP contribution >= 0.6 is 0 Å². The molecule has 0 atom stereocenters. The van der Waals surface area contributed by atoms with Crippen LogP contribution in [0.4, 0.5) is 0 Å². The van der Waals surface area contributed by atoms with Crippen molar-refractivity contribution in [3.63, 3.8) is 0 Å². The third kappa shape index (κ3) is 6.47. The first-order valence-electron chi connectivity index (χ1n) is 5.25. The molecule has 4 heteroatoms. The Morgan fingerprint density at radius 2 is 1.67 bits per heavy atom. The summed E-state index contributed by atoms with van der Waals surface area (Å²) in [5.41, 5.74) is 0. The zero-order valence-electron chi connectivity index (χ0n) is 10.2. The Labute approximate surface area is 91.9 Å². The molecule has 90 valence electrons. The quantitative estimate of drug-likeness (QED) is 0.355. The van der Waals surface area contributed by atoms with Gasteiger partial charge in [0.2, 0.25) is 0 Å². The molecule has 4 nitrogen and oxygen atoms in total. The van der Waals surface area contributed by atoms with E-state index in [1.807, 2.05) is 6.92 Å². The number of esters is 1. The first-order chi connectivity index (χ1) is 7.08. The Morgan fingerprint density at radius 1 is 1.07 bits per heavy atom. The molecule has 0 rings (SSSR count). The number of hydrogen-bond acceptors (Lipinski definition) is 4. The molecule has 0 aliphatic rings. The summed E-state index contributed by atoms with van der Waals surface area (Å²) >= 11 is 0. The third-order valence-corrected chi connectivity index (χ3v) is 2.60. The predicted molar refractivity (Wildman–Crippen MR) is 57.5 cm³/mol. The summed E-state index contributed by atoms with van der Waals surface area (Å²) < 4.78 is 15.0. The van der Waals surface area contributed by atoms with E-state index in [1.165, 1.54) is 7.11 Å². The second-order valence-electron chi connectivity index (χ2n) is 3.68.